The van der Waals surface area contributed by atoms with Crippen molar-refractivity contribution in [2.75, 3.05) is 6.54 Å². The van der Waals surface area contributed by atoms with Gasteiger partial charge in [-0.2, -0.15) is 0 Å². The van der Waals surface area contributed by atoms with E-state index in [4.69, 9.17) is 0 Å². The maximum Gasteiger partial charge on any atom is 0.0897 e. The Morgan fingerprint density at radius 1 is 1.32 bits per heavy atom. The third-order valence-corrected chi connectivity index (χ3v) is 4.21. The van der Waals surface area contributed by atoms with Crippen LogP contribution in [-0.2, 0) is 0 Å². The van der Waals surface area contributed by atoms with Crippen LogP contribution in [0.1, 0.15) is 47.8 Å². The van der Waals surface area contributed by atoms with Gasteiger partial charge >= 0.3 is 0 Å². The minimum atomic E-state index is 0.293. The van der Waals surface area contributed by atoms with Crippen molar-refractivity contribution in [1.29, 1.82) is 0 Å². The van der Waals surface area contributed by atoms with Crippen LogP contribution >= 0.6 is 11.3 Å². The van der Waals surface area contributed by atoms with Crippen molar-refractivity contribution >= 4 is 11.3 Å². The van der Waals surface area contributed by atoms with Gasteiger partial charge in [0.25, 0.3) is 0 Å². The summed E-state index contributed by atoms with van der Waals surface area (Å²) in [4.78, 5) is 10.2. The van der Waals surface area contributed by atoms with E-state index in [1.165, 1.54) is 4.88 Å². The van der Waals surface area contributed by atoms with E-state index in [-0.39, 0.29) is 0 Å². The van der Waals surface area contributed by atoms with Crippen LogP contribution in [0.4, 0.5) is 0 Å². The molecular formula is C15H21N3S. The number of hydrogen-bond acceptors (Lipinski definition) is 4. The second-order valence-electron chi connectivity index (χ2n) is 4.76. The SMILES string of the molecule is CCCNC(c1cnc(C)s1)C(C)c1ccccn1. The van der Waals surface area contributed by atoms with Gasteiger partial charge in [0.2, 0.25) is 0 Å². The van der Waals surface area contributed by atoms with Gasteiger partial charge in [0.05, 0.1) is 11.0 Å². The maximum atomic E-state index is 4.48. The van der Waals surface area contributed by atoms with Gasteiger partial charge < -0.3 is 5.32 Å². The zero-order chi connectivity index (χ0) is 13.7. The highest BCUT2D eigenvalue weighted by Crippen LogP contribution is 2.32. The van der Waals surface area contributed by atoms with Crippen LogP contribution in [0.5, 0.6) is 0 Å². The van der Waals surface area contributed by atoms with Gasteiger partial charge in [0.1, 0.15) is 0 Å². The molecule has 2 aromatic rings. The van der Waals surface area contributed by atoms with Crippen LogP contribution in [0.2, 0.25) is 0 Å². The van der Waals surface area contributed by atoms with Crippen LogP contribution in [0.15, 0.2) is 30.6 Å². The Hall–Kier alpha value is -1.26. The molecule has 0 aliphatic carbocycles. The molecule has 19 heavy (non-hydrogen) atoms. The Morgan fingerprint density at radius 3 is 2.74 bits per heavy atom. The number of aryl methyl sites for hydroxylation is 1. The van der Waals surface area contributed by atoms with Gasteiger partial charge in [-0.15, -0.1) is 11.3 Å². The summed E-state index contributed by atoms with van der Waals surface area (Å²) < 4.78 is 0. The predicted molar refractivity (Wildman–Crippen MR) is 80.5 cm³/mol. The second kappa shape index (κ2) is 6.78. The van der Waals surface area contributed by atoms with Crippen molar-refractivity contribution in [3.63, 3.8) is 0 Å². The van der Waals surface area contributed by atoms with Crippen molar-refractivity contribution in [3.8, 4) is 0 Å². The highest BCUT2D eigenvalue weighted by molar-refractivity contribution is 7.11. The highest BCUT2D eigenvalue weighted by Gasteiger charge is 2.22. The van der Waals surface area contributed by atoms with Crippen LogP contribution < -0.4 is 5.32 Å². The van der Waals surface area contributed by atoms with E-state index in [1.54, 1.807) is 11.3 Å². The largest absolute Gasteiger partial charge is 0.309 e. The third-order valence-electron chi connectivity index (χ3n) is 3.21. The Balaban J connectivity index is 2.22. The fourth-order valence-corrected chi connectivity index (χ4v) is 3.13. The summed E-state index contributed by atoms with van der Waals surface area (Å²) in [6, 6.07) is 6.40. The van der Waals surface area contributed by atoms with Crippen LogP contribution in [0, 0.1) is 6.92 Å². The fraction of sp³-hybridized carbons (Fsp3) is 0.467. The lowest BCUT2D eigenvalue weighted by molar-refractivity contribution is 0.465. The Labute approximate surface area is 119 Å². The van der Waals surface area contributed by atoms with Crippen molar-refractivity contribution in [2.24, 2.45) is 0 Å². The summed E-state index contributed by atoms with van der Waals surface area (Å²) in [7, 11) is 0. The lowest BCUT2D eigenvalue weighted by Crippen LogP contribution is -2.26. The average Bonchev–Trinajstić information content (AvgIpc) is 2.86. The molecule has 2 aromatic heterocycles. The van der Waals surface area contributed by atoms with Crippen LogP contribution in [-0.4, -0.2) is 16.5 Å². The minimum Gasteiger partial charge on any atom is -0.309 e. The van der Waals surface area contributed by atoms with Gasteiger partial charge in [-0.05, 0) is 32.0 Å². The Kier molecular flexibility index (Phi) is 5.05. The molecule has 2 heterocycles. The van der Waals surface area contributed by atoms with Crippen molar-refractivity contribution in [1.82, 2.24) is 15.3 Å². The zero-order valence-electron chi connectivity index (χ0n) is 11.8. The number of hydrogen-bond donors (Lipinski definition) is 1. The molecule has 102 valence electrons. The Bertz CT molecular complexity index is 495. The van der Waals surface area contributed by atoms with Gasteiger partial charge in [-0.3, -0.25) is 4.98 Å². The molecule has 4 heteroatoms. The van der Waals surface area contributed by atoms with E-state index in [9.17, 15) is 0 Å². The molecule has 0 spiro atoms. The summed E-state index contributed by atoms with van der Waals surface area (Å²) in [5, 5.41) is 4.74. The molecule has 0 aliphatic heterocycles. The monoisotopic (exact) mass is 275 g/mol. The summed E-state index contributed by atoms with van der Waals surface area (Å²) in [6.07, 6.45) is 4.98. The molecule has 0 bridgehead atoms. The van der Waals surface area contributed by atoms with Crippen molar-refractivity contribution < 1.29 is 0 Å². The van der Waals surface area contributed by atoms with Crippen LogP contribution in [0.25, 0.3) is 0 Å². The molecule has 1 N–H and O–H groups in total. The smallest absolute Gasteiger partial charge is 0.0897 e. The van der Waals surface area contributed by atoms with E-state index in [1.807, 2.05) is 24.5 Å². The van der Waals surface area contributed by atoms with Gasteiger partial charge in [-0.25, -0.2) is 4.98 Å². The molecule has 0 saturated heterocycles. The number of thiazole rings is 1. The molecule has 0 fully saturated rings. The quantitative estimate of drug-likeness (QED) is 0.873. The van der Waals surface area contributed by atoms with E-state index in [0.717, 1.165) is 23.7 Å². The topological polar surface area (TPSA) is 37.8 Å². The maximum absolute atomic E-state index is 4.48. The number of nitrogens with zero attached hydrogens (tertiary/aromatic N) is 2. The summed E-state index contributed by atoms with van der Waals surface area (Å²) in [5.74, 6) is 0.340. The molecular weight excluding hydrogens is 254 g/mol. The molecule has 2 atom stereocenters. The first-order chi connectivity index (χ1) is 9.22. The summed E-state index contributed by atoms with van der Waals surface area (Å²) >= 11 is 1.77. The highest BCUT2D eigenvalue weighted by atomic mass is 32.1. The van der Waals surface area contributed by atoms with E-state index in [2.05, 4.69) is 42.1 Å². The van der Waals surface area contributed by atoms with E-state index >= 15 is 0 Å². The zero-order valence-corrected chi connectivity index (χ0v) is 12.6. The van der Waals surface area contributed by atoms with E-state index < -0.39 is 0 Å². The van der Waals surface area contributed by atoms with Gasteiger partial charge in [0.15, 0.2) is 0 Å². The molecule has 0 aromatic carbocycles. The lowest BCUT2D eigenvalue weighted by atomic mass is 9.96. The second-order valence-corrected chi connectivity index (χ2v) is 6.02. The molecule has 0 aliphatic rings. The van der Waals surface area contributed by atoms with Gasteiger partial charge in [-0.1, -0.05) is 19.9 Å². The summed E-state index contributed by atoms with van der Waals surface area (Å²) in [6.45, 7) is 7.48. The standard InChI is InChI=1S/C15H21N3S/c1-4-8-17-15(14-10-18-12(3)19-14)11(2)13-7-5-6-9-16-13/h5-7,9-11,15,17H,4,8H2,1-3H3. The Morgan fingerprint density at radius 2 is 2.16 bits per heavy atom. The third kappa shape index (κ3) is 3.61. The van der Waals surface area contributed by atoms with Crippen molar-refractivity contribution in [3.05, 3.63) is 46.2 Å². The number of nitrogens with one attached hydrogen (secondary N) is 1. The van der Waals surface area contributed by atoms with Crippen LogP contribution in [0.3, 0.4) is 0 Å². The first kappa shape index (κ1) is 14.2. The fourth-order valence-electron chi connectivity index (χ4n) is 2.16. The van der Waals surface area contributed by atoms with Crippen molar-refractivity contribution in [2.45, 2.75) is 39.2 Å². The number of rotatable bonds is 6. The molecule has 0 saturated carbocycles. The average molecular weight is 275 g/mol. The molecule has 3 nitrogen and oxygen atoms in total. The molecule has 0 radical (unpaired) electrons. The first-order valence-electron chi connectivity index (χ1n) is 6.79. The molecule has 2 rings (SSSR count). The van der Waals surface area contributed by atoms with E-state index in [0.29, 0.717) is 12.0 Å². The predicted octanol–water partition coefficient (Wildman–Crippen LogP) is 3.69. The minimum absolute atomic E-state index is 0.293. The number of pyridine rings is 1. The lowest BCUT2D eigenvalue weighted by Gasteiger charge is -2.23. The molecule has 0 amide bonds. The normalized spacial score (nSPS) is 14.3. The summed E-state index contributed by atoms with van der Waals surface area (Å²) in [5.41, 5.74) is 1.13. The first-order valence-corrected chi connectivity index (χ1v) is 7.60. The number of aromatic nitrogens is 2. The van der Waals surface area contributed by atoms with Gasteiger partial charge in [0, 0.05) is 28.9 Å². The molecule has 2 unspecified atom stereocenters.